The average Bonchev–Trinajstić information content (AvgIpc) is 2.49. The van der Waals surface area contributed by atoms with Gasteiger partial charge in [-0.2, -0.15) is 0 Å². The molecule has 0 amide bonds. The first kappa shape index (κ1) is 18.1. The fourth-order valence-electron chi connectivity index (χ4n) is 4.46. The van der Waals surface area contributed by atoms with E-state index >= 15 is 0 Å². The number of unbranched alkanes of at least 4 members (excludes halogenated alkanes) is 1. The molecule has 3 aliphatic heterocycles. The Kier molecular flexibility index (Phi) is 7.14. The maximum absolute atomic E-state index is 5.98. The number of halogens is 1. The van der Waals surface area contributed by atoms with Crippen molar-refractivity contribution in [2.45, 2.75) is 53.1 Å². The molecule has 3 fully saturated rings. The van der Waals surface area contributed by atoms with Gasteiger partial charge in [0, 0.05) is 0 Å². The topological polar surface area (TPSA) is 12.5 Å². The van der Waals surface area contributed by atoms with Crippen LogP contribution in [0.4, 0.5) is 0 Å². The summed E-state index contributed by atoms with van der Waals surface area (Å²) >= 11 is 0.847. The van der Waals surface area contributed by atoms with Gasteiger partial charge in [-0.25, -0.2) is 0 Å². The minimum absolute atomic E-state index is 0.895. The van der Waals surface area contributed by atoms with E-state index in [4.69, 9.17) is 4.74 Å². The summed E-state index contributed by atoms with van der Waals surface area (Å²) in [5.74, 6) is 1.06. The first-order valence-electron chi connectivity index (χ1n) is 9.37. The van der Waals surface area contributed by atoms with Crippen LogP contribution in [0.5, 0.6) is 5.75 Å². The van der Waals surface area contributed by atoms with Gasteiger partial charge < -0.3 is 0 Å². The molecule has 3 aliphatic rings. The number of hydrogen-bond donors (Lipinski definition) is 0. The molecular formula is C19H30GeINO. The van der Waals surface area contributed by atoms with E-state index in [0.29, 0.717) is 0 Å². The van der Waals surface area contributed by atoms with Crippen LogP contribution in [0.25, 0.3) is 0 Å². The zero-order valence-corrected chi connectivity index (χ0v) is 18.5. The van der Waals surface area contributed by atoms with E-state index in [9.17, 15) is 0 Å². The Morgan fingerprint density at radius 1 is 0.957 bits per heavy atom. The van der Waals surface area contributed by atoms with Gasteiger partial charge >= 0.3 is 158 Å². The molecule has 0 spiro atoms. The number of para-hydroxylation sites is 1. The van der Waals surface area contributed by atoms with Gasteiger partial charge in [0.1, 0.15) is 0 Å². The number of rotatable bonds is 6. The number of nitrogens with zero attached hydrogens (tertiary/aromatic N) is 1. The zero-order valence-electron chi connectivity index (χ0n) is 14.2. The molecule has 1 aromatic carbocycles. The van der Waals surface area contributed by atoms with E-state index in [0.717, 1.165) is 12.4 Å². The Morgan fingerprint density at radius 3 is 2.26 bits per heavy atom. The standard InChI is InChI=1S/C19H30GeINO/c21-18-8-1-2-9-19(18)23-17-4-3-10-20-11-5-14-22(15-6-12-20)16-7-13-20/h1-2,8-9H,3-7,10-17H2. The van der Waals surface area contributed by atoms with Crippen molar-refractivity contribution in [3.8, 4) is 5.75 Å². The fourth-order valence-corrected chi connectivity index (χ4v) is 16.0. The monoisotopic (exact) mass is 489 g/mol. The van der Waals surface area contributed by atoms with Crippen molar-refractivity contribution in [2.24, 2.45) is 0 Å². The van der Waals surface area contributed by atoms with Crippen molar-refractivity contribution in [1.82, 2.24) is 4.90 Å². The molecule has 0 aliphatic carbocycles. The summed E-state index contributed by atoms with van der Waals surface area (Å²) in [7, 11) is 0. The minimum atomic E-state index is -1.52. The molecule has 0 saturated carbocycles. The molecule has 0 radical (unpaired) electrons. The van der Waals surface area contributed by atoms with Crippen molar-refractivity contribution in [3.05, 3.63) is 27.8 Å². The maximum atomic E-state index is 5.98. The zero-order chi connectivity index (χ0) is 16.0. The molecule has 2 nitrogen and oxygen atoms in total. The van der Waals surface area contributed by atoms with Gasteiger partial charge in [0.15, 0.2) is 0 Å². The van der Waals surface area contributed by atoms with Crippen molar-refractivity contribution >= 4 is 35.9 Å². The summed E-state index contributed by atoms with van der Waals surface area (Å²) < 4.78 is 7.21. The van der Waals surface area contributed by atoms with Crippen molar-refractivity contribution in [3.63, 3.8) is 0 Å². The SMILES string of the molecule is Ic1ccccc1OCCC[CH2][Ge]12[CH2]CCN(CC[CH2]1)CC[CH2]2. The van der Waals surface area contributed by atoms with E-state index < -0.39 is 13.3 Å². The van der Waals surface area contributed by atoms with Crippen LogP contribution in [0.3, 0.4) is 0 Å². The summed E-state index contributed by atoms with van der Waals surface area (Å²) in [6.45, 7) is 5.07. The van der Waals surface area contributed by atoms with E-state index in [1.54, 1.807) is 21.0 Å². The van der Waals surface area contributed by atoms with Crippen molar-refractivity contribution in [1.29, 1.82) is 0 Å². The van der Waals surface area contributed by atoms with Crippen LogP contribution < -0.4 is 4.74 Å². The predicted molar refractivity (Wildman–Crippen MR) is 109 cm³/mol. The first-order chi connectivity index (χ1) is 11.3. The van der Waals surface area contributed by atoms with Crippen LogP contribution in [0, 0.1) is 3.57 Å². The quantitative estimate of drug-likeness (QED) is 0.303. The van der Waals surface area contributed by atoms with Crippen LogP contribution in [0.2, 0.25) is 21.0 Å². The van der Waals surface area contributed by atoms with Gasteiger partial charge in [-0.3, -0.25) is 0 Å². The third-order valence-corrected chi connectivity index (χ3v) is 18.5. The summed E-state index contributed by atoms with van der Waals surface area (Å²) in [5.41, 5.74) is 0. The van der Waals surface area contributed by atoms with Gasteiger partial charge in [0.25, 0.3) is 0 Å². The van der Waals surface area contributed by atoms with Crippen LogP contribution in [0.15, 0.2) is 24.3 Å². The number of ether oxygens (including phenoxy) is 1. The molecule has 0 atom stereocenters. The second-order valence-electron chi connectivity index (χ2n) is 7.39. The van der Waals surface area contributed by atoms with Crippen molar-refractivity contribution in [2.75, 3.05) is 26.2 Å². The molecule has 23 heavy (non-hydrogen) atoms. The molecule has 0 aromatic heterocycles. The number of benzene rings is 1. The van der Waals surface area contributed by atoms with Crippen molar-refractivity contribution < 1.29 is 4.74 Å². The molecule has 3 saturated heterocycles. The molecule has 0 N–H and O–H groups in total. The molecule has 4 rings (SSSR count). The van der Waals surface area contributed by atoms with Gasteiger partial charge in [0.2, 0.25) is 0 Å². The van der Waals surface area contributed by atoms with Gasteiger partial charge in [-0.1, -0.05) is 0 Å². The Bertz CT molecular complexity index is 469. The molecular weight excluding hydrogens is 458 g/mol. The predicted octanol–water partition coefficient (Wildman–Crippen LogP) is 5.40. The average molecular weight is 488 g/mol. The summed E-state index contributed by atoms with van der Waals surface area (Å²) in [4.78, 5) is 2.72. The molecule has 1 aromatic rings. The fraction of sp³-hybridized carbons (Fsp3) is 0.684. The first-order valence-corrected chi connectivity index (χ1v) is 16.4. The second kappa shape index (κ2) is 9.09. The van der Waals surface area contributed by atoms with E-state index in [1.165, 1.54) is 55.3 Å². The van der Waals surface area contributed by atoms with E-state index in [-0.39, 0.29) is 0 Å². The third kappa shape index (κ3) is 5.36. The number of hydrogen-bond acceptors (Lipinski definition) is 2. The summed E-state index contributed by atoms with van der Waals surface area (Å²) in [5, 5.41) is 6.55. The Balaban J connectivity index is 1.43. The van der Waals surface area contributed by atoms with Crippen LogP contribution in [-0.4, -0.2) is 44.4 Å². The Labute approximate surface area is 157 Å². The van der Waals surface area contributed by atoms with E-state index in [1.807, 2.05) is 0 Å². The molecule has 0 unspecified atom stereocenters. The van der Waals surface area contributed by atoms with Crippen LogP contribution >= 0.6 is 22.6 Å². The van der Waals surface area contributed by atoms with Gasteiger partial charge in [-0.05, 0) is 0 Å². The number of fused-ring (bicyclic) bond motifs is 6. The Morgan fingerprint density at radius 2 is 1.61 bits per heavy atom. The van der Waals surface area contributed by atoms with Crippen LogP contribution in [-0.2, 0) is 0 Å². The summed E-state index contributed by atoms with van der Waals surface area (Å²) in [6, 6.07) is 8.36. The summed E-state index contributed by atoms with van der Waals surface area (Å²) in [6.07, 6.45) is 7.15. The third-order valence-electron chi connectivity index (χ3n) is 5.74. The molecule has 2 bridgehead atoms. The molecule has 3 heterocycles. The molecule has 4 heteroatoms. The Hall–Kier alpha value is 0.253. The molecule has 128 valence electrons. The normalized spacial score (nSPS) is 28.0. The van der Waals surface area contributed by atoms with Gasteiger partial charge in [0.05, 0.1) is 0 Å². The second-order valence-corrected chi connectivity index (χ2v) is 19.0. The van der Waals surface area contributed by atoms with Crippen LogP contribution in [0.1, 0.15) is 32.1 Å². The van der Waals surface area contributed by atoms with Gasteiger partial charge in [-0.15, -0.1) is 0 Å². The van der Waals surface area contributed by atoms with E-state index in [2.05, 4.69) is 51.8 Å².